The summed E-state index contributed by atoms with van der Waals surface area (Å²) in [5.74, 6) is 0.520. The first-order chi connectivity index (χ1) is 11.9. The number of rotatable bonds is 8. The molecule has 1 aromatic rings. The van der Waals surface area contributed by atoms with E-state index in [1.165, 1.54) is 11.1 Å². The molecule has 0 spiro atoms. The minimum absolute atomic E-state index is 0.0151. The molecular formula is C16H23N3O5S. The van der Waals surface area contributed by atoms with Gasteiger partial charge in [-0.2, -0.15) is 0 Å². The lowest BCUT2D eigenvalue weighted by Gasteiger charge is -2.27. The van der Waals surface area contributed by atoms with Gasteiger partial charge in [-0.05, 0) is 12.5 Å². The normalized spacial score (nSPS) is 18.5. The number of nitrogens with zero attached hydrogens (tertiary/aromatic N) is 2. The molecule has 138 valence electrons. The van der Waals surface area contributed by atoms with Crippen LogP contribution >= 0.6 is 0 Å². The van der Waals surface area contributed by atoms with E-state index < -0.39 is 9.84 Å². The predicted octanol–water partition coefficient (Wildman–Crippen LogP) is 1.31. The minimum atomic E-state index is -3.08. The Morgan fingerprint density at radius 2 is 2.28 bits per heavy atom. The summed E-state index contributed by atoms with van der Waals surface area (Å²) >= 11 is 0. The van der Waals surface area contributed by atoms with E-state index in [2.05, 4.69) is 16.9 Å². The van der Waals surface area contributed by atoms with E-state index >= 15 is 0 Å². The third kappa shape index (κ3) is 5.71. The predicted molar refractivity (Wildman–Crippen MR) is 94.6 cm³/mol. The van der Waals surface area contributed by atoms with Gasteiger partial charge in [0.1, 0.15) is 6.61 Å². The number of carbonyl (C=O) groups excluding carboxylic acids is 1. The van der Waals surface area contributed by atoms with Crippen molar-refractivity contribution in [1.29, 1.82) is 0 Å². The van der Waals surface area contributed by atoms with Gasteiger partial charge in [0.15, 0.2) is 9.84 Å². The van der Waals surface area contributed by atoms with E-state index in [0.29, 0.717) is 31.2 Å². The van der Waals surface area contributed by atoms with Crippen molar-refractivity contribution < 1.29 is 22.7 Å². The lowest BCUT2D eigenvalue weighted by Crippen LogP contribution is -2.43. The first kappa shape index (κ1) is 19.2. The average Bonchev–Trinajstić information content (AvgIpc) is 2.94. The maximum Gasteiger partial charge on any atom is 0.322 e. The molecule has 0 radical (unpaired) electrons. The molecule has 2 rings (SSSR count). The second-order valence-electron chi connectivity index (χ2n) is 5.65. The van der Waals surface area contributed by atoms with Crippen molar-refractivity contribution in [2.45, 2.75) is 12.5 Å². The summed E-state index contributed by atoms with van der Waals surface area (Å²) in [5, 5.41) is 2.73. The van der Waals surface area contributed by atoms with Crippen LogP contribution in [0.3, 0.4) is 0 Å². The maximum absolute atomic E-state index is 12.5. The number of anilines is 1. The van der Waals surface area contributed by atoms with Crippen molar-refractivity contribution in [2.24, 2.45) is 0 Å². The molecule has 1 atom stereocenters. The van der Waals surface area contributed by atoms with Gasteiger partial charge < -0.3 is 19.7 Å². The Labute approximate surface area is 147 Å². The number of methoxy groups -OCH3 is 1. The molecule has 25 heavy (non-hydrogen) atoms. The van der Waals surface area contributed by atoms with Gasteiger partial charge in [-0.1, -0.05) is 6.08 Å². The molecule has 0 bridgehead atoms. The van der Waals surface area contributed by atoms with E-state index in [1.807, 2.05) is 0 Å². The van der Waals surface area contributed by atoms with E-state index in [9.17, 15) is 13.2 Å². The maximum atomic E-state index is 12.5. The fourth-order valence-corrected chi connectivity index (χ4v) is 4.25. The molecule has 1 fully saturated rings. The number of amides is 2. The Balaban J connectivity index is 1.97. The van der Waals surface area contributed by atoms with Crippen LogP contribution in [0.15, 0.2) is 31.0 Å². The lowest BCUT2D eigenvalue weighted by molar-refractivity contribution is 0.144. The standard InChI is InChI=1S/C16H23N3O5S/c1-3-7-19(14-6-10-25(21,22)12-14)16(20)18-13-4-5-15(17-11-13)24-9-8-23-2/h3-5,11,14H,1,6-10,12H2,2H3,(H,18,20). The van der Waals surface area contributed by atoms with Crippen molar-refractivity contribution in [1.82, 2.24) is 9.88 Å². The zero-order chi connectivity index (χ0) is 18.3. The average molecular weight is 369 g/mol. The van der Waals surface area contributed by atoms with E-state index in [4.69, 9.17) is 9.47 Å². The van der Waals surface area contributed by atoms with Gasteiger partial charge in [-0.25, -0.2) is 18.2 Å². The summed E-state index contributed by atoms with van der Waals surface area (Å²) in [6.45, 7) is 4.76. The Morgan fingerprint density at radius 3 is 2.84 bits per heavy atom. The van der Waals surface area contributed by atoms with Gasteiger partial charge in [0.25, 0.3) is 0 Å². The van der Waals surface area contributed by atoms with Crippen molar-refractivity contribution in [2.75, 3.05) is 43.7 Å². The monoisotopic (exact) mass is 369 g/mol. The molecule has 2 amide bonds. The molecule has 1 aliphatic rings. The highest BCUT2D eigenvalue weighted by Crippen LogP contribution is 2.19. The topological polar surface area (TPSA) is 97.8 Å². The van der Waals surface area contributed by atoms with E-state index in [0.717, 1.165) is 0 Å². The van der Waals surface area contributed by atoms with Crippen LogP contribution in [-0.2, 0) is 14.6 Å². The van der Waals surface area contributed by atoms with Crippen LogP contribution in [0.1, 0.15) is 6.42 Å². The zero-order valence-electron chi connectivity index (χ0n) is 14.2. The minimum Gasteiger partial charge on any atom is -0.475 e. The summed E-state index contributed by atoms with van der Waals surface area (Å²) in [7, 11) is -1.49. The molecular weight excluding hydrogens is 346 g/mol. The van der Waals surface area contributed by atoms with Crippen molar-refractivity contribution in [3.63, 3.8) is 0 Å². The quantitative estimate of drug-likeness (QED) is 0.548. The molecule has 1 saturated heterocycles. The van der Waals surface area contributed by atoms with Crippen LogP contribution < -0.4 is 10.1 Å². The third-order valence-corrected chi connectivity index (χ3v) is 5.51. The van der Waals surface area contributed by atoms with Crippen LogP contribution in [0.5, 0.6) is 5.88 Å². The molecule has 0 saturated carbocycles. The fraction of sp³-hybridized carbons (Fsp3) is 0.500. The smallest absolute Gasteiger partial charge is 0.322 e. The molecule has 9 heteroatoms. The third-order valence-electron chi connectivity index (χ3n) is 3.76. The first-order valence-corrected chi connectivity index (χ1v) is 9.74. The molecule has 8 nitrogen and oxygen atoms in total. The van der Waals surface area contributed by atoms with Gasteiger partial charge >= 0.3 is 6.03 Å². The number of hydrogen-bond donors (Lipinski definition) is 1. The number of ether oxygens (including phenoxy) is 2. The first-order valence-electron chi connectivity index (χ1n) is 7.92. The highest BCUT2D eigenvalue weighted by Gasteiger charge is 2.34. The second kappa shape index (κ2) is 8.82. The molecule has 1 aliphatic heterocycles. The largest absolute Gasteiger partial charge is 0.475 e. The molecule has 0 aliphatic carbocycles. The Morgan fingerprint density at radius 1 is 1.48 bits per heavy atom. The van der Waals surface area contributed by atoms with Gasteiger partial charge in [0, 0.05) is 25.8 Å². The highest BCUT2D eigenvalue weighted by molar-refractivity contribution is 7.91. The Hall–Kier alpha value is -2.13. The molecule has 1 aromatic heterocycles. The van der Waals surface area contributed by atoms with Crippen molar-refractivity contribution in [3.8, 4) is 5.88 Å². The summed E-state index contributed by atoms with van der Waals surface area (Å²) in [6.07, 6.45) is 3.50. The van der Waals surface area contributed by atoms with Crippen LogP contribution in [0.2, 0.25) is 0 Å². The van der Waals surface area contributed by atoms with Crippen LogP contribution in [0.25, 0.3) is 0 Å². The van der Waals surface area contributed by atoms with E-state index in [1.54, 1.807) is 25.3 Å². The number of hydrogen-bond acceptors (Lipinski definition) is 6. The van der Waals surface area contributed by atoms with E-state index in [-0.39, 0.29) is 30.1 Å². The molecule has 1 unspecified atom stereocenters. The molecule has 2 heterocycles. The summed E-state index contributed by atoms with van der Waals surface area (Å²) < 4.78 is 33.6. The Kier molecular flexibility index (Phi) is 6.77. The number of pyridine rings is 1. The second-order valence-corrected chi connectivity index (χ2v) is 7.88. The van der Waals surface area contributed by atoms with Crippen LogP contribution in [0.4, 0.5) is 10.5 Å². The van der Waals surface area contributed by atoms with Crippen molar-refractivity contribution in [3.05, 3.63) is 31.0 Å². The summed E-state index contributed by atoms with van der Waals surface area (Å²) in [5.41, 5.74) is 0.499. The van der Waals surface area contributed by atoms with Crippen molar-refractivity contribution >= 4 is 21.6 Å². The van der Waals surface area contributed by atoms with Gasteiger partial charge in [0.05, 0.1) is 30.0 Å². The number of carbonyl (C=O) groups is 1. The zero-order valence-corrected chi connectivity index (χ0v) is 15.0. The molecule has 0 aromatic carbocycles. The highest BCUT2D eigenvalue weighted by atomic mass is 32.2. The molecule has 1 N–H and O–H groups in total. The lowest BCUT2D eigenvalue weighted by atomic mass is 10.2. The Bertz CT molecular complexity index is 690. The fourth-order valence-electron chi connectivity index (χ4n) is 2.52. The van der Waals surface area contributed by atoms with Gasteiger partial charge in [0.2, 0.25) is 5.88 Å². The summed E-state index contributed by atoms with van der Waals surface area (Å²) in [4.78, 5) is 18.1. The van der Waals surface area contributed by atoms with Gasteiger partial charge in [-0.15, -0.1) is 6.58 Å². The van der Waals surface area contributed by atoms with Crippen LogP contribution in [-0.4, -0.2) is 68.7 Å². The summed E-state index contributed by atoms with van der Waals surface area (Å²) in [6, 6.07) is 2.60. The van der Waals surface area contributed by atoms with Gasteiger partial charge in [-0.3, -0.25) is 0 Å². The number of urea groups is 1. The van der Waals surface area contributed by atoms with Crippen LogP contribution in [0, 0.1) is 0 Å². The number of nitrogens with one attached hydrogen (secondary N) is 1. The number of sulfone groups is 1. The SMILES string of the molecule is C=CCN(C(=O)Nc1ccc(OCCOC)nc1)C1CCS(=O)(=O)C1. The number of aromatic nitrogens is 1.